The fraction of sp³-hybridized carbons (Fsp3) is 0.444. The Morgan fingerprint density at radius 1 is 1.21 bits per heavy atom. The molecule has 130 valence electrons. The second kappa shape index (κ2) is 8.96. The zero-order valence-electron chi connectivity index (χ0n) is 14.1. The molecule has 2 N–H and O–H groups in total. The smallest absolute Gasteiger partial charge is 0.343 e. The lowest BCUT2D eigenvalue weighted by Gasteiger charge is -2.21. The predicted molar refractivity (Wildman–Crippen MR) is 92.1 cm³/mol. The molecule has 0 saturated carbocycles. The van der Waals surface area contributed by atoms with Crippen LogP contribution in [0.15, 0.2) is 35.9 Å². The van der Waals surface area contributed by atoms with Gasteiger partial charge in [-0.1, -0.05) is 11.6 Å². The molecule has 24 heavy (non-hydrogen) atoms. The summed E-state index contributed by atoms with van der Waals surface area (Å²) in [5.41, 5.74) is 1.95. The number of ether oxygens (including phenoxy) is 2. The molecule has 6 nitrogen and oxygen atoms in total. The number of hydrogen-bond donors (Lipinski definition) is 2. The molecule has 1 aliphatic carbocycles. The van der Waals surface area contributed by atoms with Crippen molar-refractivity contribution in [2.75, 3.05) is 19.0 Å². The highest BCUT2D eigenvalue weighted by atomic mass is 16.6. The van der Waals surface area contributed by atoms with Gasteiger partial charge in [0.05, 0.1) is 7.11 Å². The van der Waals surface area contributed by atoms with Crippen LogP contribution in [0.25, 0.3) is 0 Å². The molecule has 0 saturated heterocycles. The lowest BCUT2D eigenvalue weighted by Crippen LogP contribution is -2.37. The van der Waals surface area contributed by atoms with Gasteiger partial charge in [0.15, 0.2) is 6.61 Å². The van der Waals surface area contributed by atoms with Crippen molar-refractivity contribution in [3.63, 3.8) is 0 Å². The Kier molecular flexibility index (Phi) is 6.66. The van der Waals surface area contributed by atoms with Crippen molar-refractivity contribution in [1.82, 2.24) is 5.32 Å². The monoisotopic (exact) mass is 332 g/mol. The summed E-state index contributed by atoms with van der Waals surface area (Å²) < 4.78 is 9.75. The lowest BCUT2D eigenvalue weighted by molar-refractivity contribution is -0.142. The van der Waals surface area contributed by atoms with Crippen molar-refractivity contribution in [1.29, 1.82) is 0 Å². The van der Waals surface area contributed by atoms with E-state index in [-0.39, 0.29) is 18.7 Å². The molecule has 2 rings (SSSR count). The average molecular weight is 332 g/mol. The standard InChI is InChI=1S/C18H24N2O4/c1-13(14-6-4-3-5-7-14)19-18(22)20-15-8-10-16(11-9-15)24-12-17(21)23-2/h6,8-11,13H,3-5,7,12H2,1-2H3,(H2,19,20,22)/t13-/m1/s1. The molecule has 0 spiro atoms. The number of nitrogens with one attached hydrogen (secondary N) is 2. The molecular weight excluding hydrogens is 308 g/mol. The van der Waals surface area contributed by atoms with Crippen molar-refractivity contribution in [3.8, 4) is 5.75 Å². The van der Waals surface area contributed by atoms with E-state index >= 15 is 0 Å². The molecule has 0 heterocycles. The summed E-state index contributed by atoms with van der Waals surface area (Å²) in [6, 6.07) is 6.61. The molecule has 1 aromatic rings. The van der Waals surface area contributed by atoms with E-state index in [4.69, 9.17) is 4.74 Å². The van der Waals surface area contributed by atoms with Crippen LogP contribution in [0.1, 0.15) is 32.6 Å². The average Bonchev–Trinajstić information content (AvgIpc) is 2.61. The lowest BCUT2D eigenvalue weighted by atomic mass is 9.95. The summed E-state index contributed by atoms with van der Waals surface area (Å²) in [7, 11) is 1.31. The number of amides is 2. The van der Waals surface area contributed by atoms with Gasteiger partial charge < -0.3 is 20.1 Å². The fourth-order valence-corrected chi connectivity index (χ4v) is 2.55. The van der Waals surface area contributed by atoms with Crippen molar-refractivity contribution in [3.05, 3.63) is 35.9 Å². The second-order valence-corrected chi connectivity index (χ2v) is 5.73. The molecule has 1 aromatic carbocycles. The van der Waals surface area contributed by atoms with Crippen LogP contribution in [0.2, 0.25) is 0 Å². The molecule has 0 fully saturated rings. The second-order valence-electron chi connectivity index (χ2n) is 5.73. The quantitative estimate of drug-likeness (QED) is 0.619. The van der Waals surface area contributed by atoms with E-state index in [0.717, 1.165) is 12.8 Å². The number of rotatable bonds is 6. The third kappa shape index (κ3) is 5.61. The molecule has 0 radical (unpaired) electrons. The first-order valence-corrected chi connectivity index (χ1v) is 8.14. The third-order valence-corrected chi connectivity index (χ3v) is 3.93. The summed E-state index contributed by atoms with van der Waals surface area (Å²) in [5.74, 6) is 0.0923. The van der Waals surface area contributed by atoms with Gasteiger partial charge in [-0.2, -0.15) is 0 Å². The van der Waals surface area contributed by atoms with Crippen LogP contribution in [0.5, 0.6) is 5.75 Å². The van der Waals surface area contributed by atoms with Gasteiger partial charge in [-0.25, -0.2) is 9.59 Å². The fourth-order valence-electron chi connectivity index (χ4n) is 2.55. The van der Waals surface area contributed by atoms with Crippen LogP contribution >= 0.6 is 0 Å². The van der Waals surface area contributed by atoms with Gasteiger partial charge in [0.25, 0.3) is 0 Å². The van der Waals surface area contributed by atoms with Crippen LogP contribution in [0, 0.1) is 0 Å². The van der Waals surface area contributed by atoms with E-state index < -0.39 is 5.97 Å². The van der Waals surface area contributed by atoms with E-state index in [1.54, 1.807) is 24.3 Å². The highest BCUT2D eigenvalue weighted by Gasteiger charge is 2.14. The van der Waals surface area contributed by atoms with Crippen LogP contribution in [-0.4, -0.2) is 31.8 Å². The zero-order chi connectivity index (χ0) is 17.4. The molecule has 0 aliphatic heterocycles. The zero-order valence-corrected chi connectivity index (χ0v) is 14.1. The van der Waals surface area contributed by atoms with Crippen molar-refractivity contribution < 1.29 is 19.1 Å². The van der Waals surface area contributed by atoms with Gasteiger partial charge in [-0.05, 0) is 56.9 Å². The van der Waals surface area contributed by atoms with Gasteiger partial charge in [-0.15, -0.1) is 0 Å². The maximum absolute atomic E-state index is 12.1. The van der Waals surface area contributed by atoms with Crippen molar-refractivity contribution >= 4 is 17.7 Å². The third-order valence-electron chi connectivity index (χ3n) is 3.93. The van der Waals surface area contributed by atoms with Gasteiger partial charge in [0.2, 0.25) is 0 Å². The SMILES string of the molecule is COC(=O)COc1ccc(NC(=O)N[C@H](C)C2=CCCCC2)cc1. The van der Waals surface area contributed by atoms with Crippen LogP contribution in [0.3, 0.4) is 0 Å². The number of esters is 1. The summed E-state index contributed by atoms with van der Waals surface area (Å²) >= 11 is 0. The topological polar surface area (TPSA) is 76.7 Å². The van der Waals surface area contributed by atoms with Crippen LogP contribution in [0.4, 0.5) is 10.5 Å². The van der Waals surface area contributed by atoms with Crippen LogP contribution < -0.4 is 15.4 Å². The molecule has 1 atom stereocenters. The Hall–Kier alpha value is -2.50. The molecule has 0 bridgehead atoms. The normalized spacial score (nSPS) is 15.0. The predicted octanol–water partition coefficient (Wildman–Crippen LogP) is 3.25. The van der Waals surface area contributed by atoms with Crippen molar-refractivity contribution in [2.45, 2.75) is 38.6 Å². The number of carbonyl (C=O) groups is 2. The number of methoxy groups -OCH3 is 1. The summed E-state index contributed by atoms with van der Waals surface area (Å²) in [6.07, 6.45) is 6.78. The van der Waals surface area contributed by atoms with Crippen molar-refractivity contribution in [2.24, 2.45) is 0 Å². The Morgan fingerprint density at radius 2 is 1.96 bits per heavy atom. The van der Waals surface area contributed by atoms with E-state index in [2.05, 4.69) is 21.4 Å². The van der Waals surface area contributed by atoms with E-state index in [1.807, 2.05) is 6.92 Å². The maximum Gasteiger partial charge on any atom is 0.343 e. The summed E-state index contributed by atoms with van der Waals surface area (Å²) in [6.45, 7) is 1.86. The summed E-state index contributed by atoms with van der Waals surface area (Å²) in [5, 5.41) is 5.74. The van der Waals surface area contributed by atoms with Gasteiger partial charge in [0, 0.05) is 11.7 Å². The molecular formula is C18H24N2O4. The molecule has 1 aliphatic rings. The largest absolute Gasteiger partial charge is 0.482 e. The van der Waals surface area contributed by atoms with E-state index in [1.165, 1.54) is 25.5 Å². The Balaban J connectivity index is 1.81. The number of urea groups is 1. The Labute approximate surface area is 142 Å². The van der Waals surface area contributed by atoms with E-state index in [9.17, 15) is 9.59 Å². The minimum absolute atomic E-state index is 0.0352. The molecule has 0 unspecified atom stereocenters. The van der Waals surface area contributed by atoms with Gasteiger partial charge >= 0.3 is 12.0 Å². The number of carbonyl (C=O) groups excluding carboxylic acids is 2. The number of benzene rings is 1. The molecule has 0 aromatic heterocycles. The first kappa shape index (κ1) is 17.8. The summed E-state index contributed by atoms with van der Waals surface area (Å²) in [4.78, 5) is 23.1. The number of allylic oxidation sites excluding steroid dienone is 1. The molecule has 6 heteroatoms. The molecule has 2 amide bonds. The highest BCUT2D eigenvalue weighted by molar-refractivity contribution is 5.89. The highest BCUT2D eigenvalue weighted by Crippen LogP contribution is 2.20. The Morgan fingerprint density at radius 3 is 2.58 bits per heavy atom. The first-order valence-electron chi connectivity index (χ1n) is 8.14. The van der Waals surface area contributed by atoms with Gasteiger partial charge in [-0.3, -0.25) is 0 Å². The maximum atomic E-state index is 12.1. The van der Waals surface area contributed by atoms with E-state index in [0.29, 0.717) is 11.4 Å². The number of hydrogen-bond acceptors (Lipinski definition) is 4. The van der Waals surface area contributed by atoms with Gasteiger partial charge in [0.1, 0.15) is 5.75 Å². The van der Waals surface area contributed by atoms with Crippen LogP contribution in [-0.2, 0) is 9.53 Å². The minimum Gasteiger partial charge on any atom is -0.482 e. The number of anilines is 1. The minimum atomic E-state index is -0.442. The Bertz CT molecular complexity index is 596. The first-order chi connectivity index (χ1) is 11.6.